The van der Waals surface area contributed by atoms with Gasteiger partial charge in [0, 0.05) is 24.8 Å². The molecule has 0 saturated carbocycles. The normalized spacial score (nSPS) is 16.6. The topological polar surface area (TPSA) is 59.5 Å². The molecule has 0 spiro atoms. The first-order valence-corrected chi connectivity index (χ1v) is 8.04. The second kappa shape index (κ2) is 7.57. The van der Waals surface area contributed by atoms with E-state index in [2.05, 4.69) is 27.2 Å². The van der Waals surface area contributed by atoms with E-state index < -0.39 is 0 Å². The van der Waals surface area contributed by atoms with E-state index in [0.29, 0.717) is 12.6 Å². The predicted molar refractivity (Wildman–Crippen MR) is 90.8 cm³/mol. The van der Waals surface area contributed by atoms with E-state index in [9.17, 15) is 0 Å². The maximum Gasteiger partial charge on any atom is 0.144 e. The Labute approximate surface area is 136 Å². The summed E-state index contributed by atoms with van der Waals surface area (Å²) in [6.07, 6.45) is 5.74. The van der Waals surface area contributed by atoms with Crippen molar-refractivity contribution >= 4 is 16.6 Å². The van der Waals surface area contributed by atoms with Gasteiger partial charge in [0.2, 0.25) is 0 Å². The van der Waals surface area contributed by atoms with Crippen molar-refractivity contribution in [2.24, 2.45) is 5.92 Å². The molecule has 1 saturated heterocycles. The van der Waals surface area contributed by atoms with Crippen LogP contribution in [-0.2, 0) is 4.74 Å². The number of hydrogen-bond donors (Lipinski definition) is 1. The molecule has 1 aliphatic heterocycles. The van der Waals surface area contributed by atoms with Gasteiger partial charge in [0.1, 0.15) is 18.8 Å². The molecule has 0 unspecified atom stereocenters. The molecule has 1 N–H and O–H groups in total. The highest BCUT2D eigenvalue weighted by Gasteiger charge is 2.18. The summed E-state index contributed by atoms with van der Waals surface area (Å²) in [6.45, 7) is 3.47. The highest BCUT2D eigenvalue weighted by Crippen LogP contribution is 2.30. The summed E-state index contributed by atoms with van der Waals surface area (Å²) < 4.78 is 11.2. The summed E-state index contributed by atoms with van der Waals surface area (Å²) in [5.41, 5.74) is 1.81. The number of fused-ring (bicyclic) bond motifs is 1. The first-order chi connectivity index (χ1) is 11.3. The summed E-state index contributed by atoms with van der Waals surface area (Å²) >= 11 is 0. The summed E-state index contributed by atoms with van der Waals surface area (Å²) in [5, 5.41) is 4.22. The lowest BCUT2D eigenvalue weighted by Gasteiger charge is -2.29. The van der Waals surface area contributed by atoms with E-state index in [4.69, 9.17) is 9.47 Å². The summed E-state index contributed by atoms with van der Waals surface area (Å²) in [6, 6.07) is 3.99. The van der Waals surface area contributed by atoms with Crippen LogP contribution >= 0.6 is 0 Å². The van der Waals surface area contributed by atoms with Gasteiger partial charge < -0.3 is 19.7 Å². The van der Waals surface area contributed by atoms with Crippen molar-refractivity contribution in [3.8, 4) is 5.75 Å². The number of piperidine rings is 1. The van der Waals surface area contributed by atoms with Crippen LogP contribution in [0.1, 0.15) is 12.8 Å². The molecule has 2 aromatic rings. The average Bonchev–Trinajstić information content (AvgIpc) is 2.59. The Morgan fingerprint density at radius 3 is 2.91 bits per heavy atom. The lowest BCUT2D eigenvalue weighted by Crippen LogP contribution is -2.32. The van der Waals surface area contributed by atoms with Crippen LogP contribution in [0.15, 0.2) is 24.7 Å². The van der Waals surface area contributed by atoms with Gasteiger partial charge in [-0.25, -0.2) is 9.97 Å². The molecule has 2 heterocycles. The Balaban J connectivity index is 1.74. The number of ether oxygens (including phenoxy) is 2. The number of hydrogen-bond acceptors (Lipinski definition) is 6. The molecule has 1 aliphatic rings. The van der Waals surface area contributed by atoms with Crippen LogP contribution in [0.5, 0.6) is 5.75 Å². The Kier molecular flexibility index (Phi) is 5.25. The molecular weight excluding hydrogens is 292 g/mol. The van der Waals surface area contributed by atoms with Crippen molar-refractivity contribution in [2.45, 2.75) is 12.8 Å². The molecule has 1 aromatic carbocycles. The van der Waals surface area contributed by atoms with E-state index in [-0.39, 0.29) is 0 Å². The number of aromatic nitrogens is 2. The van der Waals surface area contributed by atoms with Crippen LogP contribution in [0.25, 0.3) is 10.9 Å². The van der Waals surface area contributed by atoms with E-state index in [1.165, 1.54) is 12.8 Å². The van der Waals surface area contributed by atoms with E-state index in [1.807, 2.05) is 12.1 Å². The number of nitrogens with one attached hydrogen (secondary N) is 1. The maximum absolute atomic E-state index is 6.12. The Morgan fingerprint density at radius 1 is 1.30 bits per heavy atom. The highest BCUT2D eigenvalue weighted by atomic mass is 16.5. The first-order valence-electron chi connectivity index (χ1n) is 8.04. The van der Waals surface area contributed by atoms with Crippen LogP contribution < -0.4 is 10.1 Å². The van der Waals surface area contributed by atoms with Crippen molar-refractivity contribution in [1.29, 1.82) is 0 Å². The summed E-state index contributed by atoms with van der Waals surface area (Å²) in [7, 11) is 3.84. The van der Waals surface area contributed by atoms with Crippen molar-refractivity contribution in [3.05, 3.63) is 24.7 Å². The van der Waals surface area contributed by atoms with Crippen LogP contribution in [0.2, 0.25) is 0 Å². The van der Waals surface area contributed by atoms with Crippen molar-refractivity contribution < 1.29 is 9.47 Å². The molecule has 0 aliphatic carbocycles. The minimum atomic E-state index is 0.434. The standard InChI is InChI=1S/C17H24N4O2/c1-21-5-3-13(4-6-21)10-23-17-8-15-14(9-18-11-19-15)7-16(17)20-12-22-2/h7-9,11,13,20H,3-6,10,12H2,1-2H3. The molecule has 0 radical (unpaired) electrons. The van der Waals surface area contributed by atoms with Gasteiger partial charge in [-0.1, -0.05) is 0 Å². The number of methoxy groups -OCH3 is 1. The largest absolute Gasteiger partial charge is 0.491 e. The zero-order valence-electron chi connectivity index (χ0n) is 13.8. The molecule has 1 fully saturated rings. The van der Waals surface area contributed by atoms with Crippen LogP contribution in [0, 0.1) is 5.92 Å². The van der Waals surface area contributed by atoms with Crippen LogP contribution in [0.3, 0.4) is 0 Å². The SMILES string of the molecule is COCNc1cc2cncnc2cc1OCC1CCN(C)CC1. The minimum absolute atomic E-state index is 0.434. The number of rotatable bonds is 6. The maximum atomic E-state index is 6.12. The fourth-order valence-corrected chi connectivity index (χ4v) is 2.85. The molecule has 0 atom stereocenters. The zero-order chi connectivity index (χ0) is 16.1. The summed E-state index contributed by atoms with van der Waals surface area (Å²) in [5.74, 6) is 1.44. The smallest absolute Gasteiger partial charge is 0.144 e. The second-order valence-corrected chi connectivity index (χ2v) is 6.10. The molecule has 124 valence electrons. The third-order valence-electron chi connectivity index (χ3n) is 4.33. The third-order valence-corrected chi connectivity index (χ3v) is 4.33. The molecule has 23 heavy (non-hydrogen) atoms. The van der Waals surface area contributed by atoms with Gasteiger partial charge in [0.15, 0.2) is 0 Å². The fraction of sp³-hybridized carbons (Fsp3) is 0.529. The van der Waals surface area contributed by atoms with Gasteiger partial charge in [-0.05, 0) is 45.0 Å². The molecule has 6 heteroatoms. The number of likely N-dealkylation sites (tertiary alicyclic amines) is 1. The average molecular weight is 316 g/mol. The number of nitrogens with zero attached hydrogens (tertiary/aromatic N) is 3. The monoisotopic (exact) mass is 316 g/mol. The van der Waals surface area contributed by atoms with Gasteiger partial charge >= 0.3 is 0 Å². The molecule has 6 nitrogen and oxygen atoms in total. The minimum Gasteiger partial charge on any atom is -0.491 e. The molecule has 3 rings (SSSR count). The highest BCUT2D eigenvalue weighted by molar-refractivity contribution is 5.84. The Hall–Kier alpha value is -1.92. The Bertz CT molecular complexity index is 642. The summed E-state index contributed by atoms with van der Waals surface area (Å²) in [4.78, 5) is 10.8. The molecule has 1 aromatic heterocycles. The lowest BCUT2D eigenvalue weighted by molar-refractivity contribution is 0.160. The van der Waals surface area contributed by atoms with Gasteiger partial charge in [-0.15, -0.1) is 0 Å². The van der Waals surface area contributed by atoms with Crippen molar-refractivity contribution in [1.82, 2.24) is 14.9 Å². The Morgan fingerprint density at radius 2 is 2.13 bits per heavy atom. The fourth-order valence-electron chi connectivity index (χ4n) is 2.85. The first kappa shape index (κ1) is 16.0. The molecule has 0 bridgehead atoms. The lowest BCUT2D eigenvalue weighted by atomic mass is 9.98. The van der Waals surface area contributed by atoms with Gasteiger partial charge in [0.05, 0.1) is 17.8 Å². The van der Waals surface area contributed by atoms with E-state index >= 15 is 0 Å². The zero-order valence-corrected chi connectivity index (χ0v) is 13.8. The molecule has 0 amide bonds. The quantitative estimate of drug-likeness (QED) is 0.826. The van der Waals surface area contributed by atoms with Gasteiger partial charge in [0.25, 0.3) is 0 Å². The van der Waals surface area contributed by atoms with Gasteiger partial charge in [-0.2, -0.15) is 0 Å². The van der Waals surface area contributed by atoms with Crippen molar-refractivity contribution in [2.75, 3.05) is 45.9 Å². The van der Waals surface area contributed by atoms with Gasteiger partial charge in [-0.3, -0.25) is 0 Å². The number of anilines is 1. The number of benzene rings is 1. The van der Waals surface area contributed by atoms with Crippen LogP contribution in [-0.4, -0.2) is 55.5 Å². The van der Waals surface area contributed by atoms with Crippen LogP contribution in [0.4, 0.5) is 5.69 Å². The van der Waals surface area contributed by atoms with Crippen molar-refractivity contribution in [3.63, 3.8) is 0 Å². The van der Waals surface area contributed by atoms with E-state index in [1.54, 1.807) is 19.6 Å². The third kappa shape index (κ3) is 4.09. The molecular formula is C17H24N4O2. The predicted octanol–water partition coefficient (Wildman–Crippen LogP) is 2.37. The van der Waals surface area contributed by atoms with E-state index in [0.717, 1.165) is 42.0 Å². The second-order valence-electron chi connectivity index (χ2n) is 6.10.